The smallest absolute Gasteiger partial charge is 0.166 e. The fourth-order valence-electron chi connectivity index (χ4n) is 1.57. The van der Waals surface area contributed by atoms with Crippen molar-refractivity contribution in [2.24, 2.45) is 5.73 Å². The number of ether oxygens (including phenoxy) is 1. The Morgan fingerprint density at radius 3 is 2.50 bits per heavy atom. The summed E-state index contributed by atoms with van der Waals surface area (Å²) in [5.74, 6) is -0.946. The van der Waals surface area contributed by atoms with Gasteiger partial charge in [0.25, 0.3) is 0 Å². The number of hydrogen-bond donors (Lipinski definition) is 1. The van der Waals surface area contributed by atoms with E-state index in [2.05, 4.69) is 15.9 Å². The Hall–Kier alpha value is -1.53. The Bertz CT molecular complexity index is 664. The van der Waals surface area contributed by atoms with Gasteiger partial charge in [-0.1, -0.05) is 40.3 Å². The molecule has 0 heterocycles. The van der Waals surface area contributed by atoms with Crippen molar-refractivity contribution in [1.82, 2.24) is 0 Å². The van der Waals surface area contributed by atoms with E-state index in [4.69, 9.17) is 22.7 Å². The maximum Gasteiger partial charge on any atom is 0.166 e. The van der Waals surface area contributed by atoms with Crippen molar-refractivity contribution in [2.75, 3.05) is 0 Å². The molecule has 6 heteroatoms. The molecule has 0 atom stereocenters. The summed E-state index contributed by atoms with van der Waals surface area (Å²) in [6.45, 7) is -0.0814. The molecule has 0 saturated carbocycles. The van der Waals surface area contributed by atoms with Gasteiger partial charge in [0.15, 0.2) is 11.6 Å². The summed E-state index contributed by atoms with van der Waals surface area (Å²) in [6, 6.07) is 8.74. The number of halogens is 3. The van der Waals surface area contributed by atoms with Gasteiger partial charge in [-0.05, 0) is 24.3 Å². The van der Waals surface area contributed by atoms with Crippen LogP contribution in [0.5, 0.6) is 5.75 Å². The summed E-state index contributed by atoms with van der Waals surface area (Å²) in [7, 11) is 0. The molecule has 0 spiro atoms. The molecule has 2 N–H and O–H groups in total. The predicted octanol–water partition coefficient (Wildman–Crippen LogP) is 3.94. The molecule has 0 aliphatic heterocycles. The van der Waals surface area contributed by atoms with E-state index in [9.17, 15) is 8.78 Å². The molecule has 0 amide bonds. The molecule has 104 valence electrons. The van der Waals surface area contributed by atoms with Gasteiger partial charge in [0.1, 0.15) is 17.4 Å². The third-order valence-electron chi connectivity index (χ3n) is 2.61. The predicted molar refractivity (Wildman–Crippen MR) is 80.7 cm³/mol. The molecule has 0 aromatic heterocycles. The quantitative estimate of drug-likeness (QED) is 0.841. The van der Waals surface area contributed by atoms with Crippen molar-refractivity contribution in [2.45, 2.75) is 6.61 Å². The Morgan fingerprint density at radius 2 is 1.90 bits per heavy atom. The molecule has 2 rings (SSSR count). The molecular weight excluding hydrogens is 348 g/mol. The van der Waals surface area contributed by atoms with Crippen LogP contribution in [0.3, 0.4) is 0 Å². The van der Waals surface area contributed by atoms with Crippen molar-refractivity contribution >= 4 is 33.1 Å². The van der Waals surface area contributed by atoms with Crippen LogP contribution >= 0.6 is 28.1 Å². The maximum absolute atomic E-state index is 13.8. The fourth-order valence-corrected chi connectivity index (χ4v) is 2.03. The second kappa shape index (κ2) is 6.28. The molecule has 0 aliphatic rings. The lowest BCUT2D eigenvalue weighted by atomic mass is 10.1. The molecule has 0 radical (unpaired) electrons. The van der Waals surface area contributed by atoms with E-state index in [-0.39, 0.29) is 17.3 Å². The summed E-state index contributed by atoms with van der Waals surface area (Å²) in [5.41, 5.74) is 6.15. The van der Waals surface area contributed by atoms with E-state index in [0.717, 1.165) is 0 Å². The first-order valence-corrected chi connectivity index (χ1v) is 6.83. The molecule has 0 saturated heterocycles. The lowest BCUT2D eigenvalue weighted by Crippen LogP contribution is -2.10. The van der Waals surface area contributed by atoms with Gasteiger partial charge in [0.05, 0.1) is 0 Å². The van der Waals surface area contributed by atoms with E-state index >= 15 is 0 Å². The highest BCUT2D eigenvalue weighted by atomic mass is 79.9. The zero-order chi connectivity index (χ0) is 14.7. The first-order valence-electron chi connectivity index (χ1n) is 5.63. The van der Waals surface area contributed by atoms with E-state index in [1.165, 1.54) is 24.3 Å². The number of benzene rings is 2. The average Bonchev–Trinajstić information content (AvgIpc) is 2.38. The van der Waals surface area contributed by atoms with Crippen molar-refractivity contribution < 1.29 is 13.5 Å². The Morgan fingerprint density at radius 1 is 1.15 bits per heavy atom. The summed E-state index contributed by atoms with van der Waals surface area (Å²) in [5, 5.41) is 0. The highest BCUT2D eigenvalue weighted by Crippen LogP contribution is 2.23. The van der Waals surface area contributed by atoms with Gasteiger partial charge in [-0.2, -0.15) is 0 Å². The van der Waals surface area contributed by atoms with Crippen LogP contribution in [0.15, 0.2) is 40.9 Å². The van der Waals surface area contributed by atoms with E-state index < -0.39 is 11.6 Å². The average molecular weight is 358 g/mol. The third kappa shape index (κ3) is 3.52. The lowest BCUT2D eigenvalue weighted by Gasteiger charge is -2.09. The summed E-state index contributed by atoms with van der Waals surface area (Å²) in [6.07, 6.45) is 0. The monoisotopic (exact) mass is 357 g/mol. The highest BCUT2D eigenvalue weighted by molar-refractivity contribution is 9.10. The van der Waals surface area contributed by atoms with E-state index in [1.54, 1.807) is 12.1 Å². The second-order valence-corrected chi connectivity index (χ2v) is 5.39. The first kappa shape index (κ1) is 14.9. The Kier molecular flexibility index (Phi) is 4.67. The fraction of sp³-hybridized carbons (Fsp3) is 0.0714. The van der Waals surface area contributed by atoms with Crippen molar-refractivity contribution in [3.8, 4) is 5.75 Å². The van der Waals surface area contributed by atoms with Gasteiger partial charge < -0.3 is 10.5 Å². The Labute approximate surface area is 128 Å². The topological polar surface area (TPSA) is 35.2 Å². The molecular formula is C14H10BrF2NOS. The minimum Gasteiger partial charge on any atom is -0.486 e. The number of hydrogen-bond acceptors (Lipinski definition) is 2. The minimum absolute atomic E-state index is 0.0611. The summed E-state index contributed by atoms with van der Waals surface area (Å²) >= 11 is 7.91. The van der Waals surface area contributed by atoms with Crippen molar-refractivity contribution in [3.63, 3.8) is 0 Å². The SMILES string of the molecule is NC(=S)c1ccc(COc2ccc(Br)cc2F)c(F)c1. The first-order chi connectivity index (χ1) is 9.47. The summed E-state index contributed by atoms with van der Waals surface area (Å²) < 4.78 is 33.2. The van der Waals surface area contributed by atoms with Gasteiger partial charge >= 0.3 is 0 Å². The Balaban J connectivity index is 2.13. The van der Waals surface area contributed by atoms with E-state index in [1.807, 2.05) is 0 Å². The standard InChI is InChI=1S/C14H10BrF2NOS/c15-10-3-4-13(12(17)6-10)19-7-9-2-1-8(14(18)20)5-11(9)16/h1-6H,7H2,(H2,18,20). The molecule has 2 nitrogen and oxygen atoms in total. The zero-order valence-corrected chi connectivity index (χ0v) is 12.6. The molecule has 0 fully saturated rings. The van der Waals surface area contributed by atoms with Crippen LogP contribution < -0.4 is 10.5 Å². The van der Waals surface area contributed by atoms with Crippen LogP contribution in [0.1, 0.15) is 11.1 Å². The van der Waals surface area contributed by atoms with Crippen molar-refractivity contribution in [1.29, 1.82) is 0 Å². The van der Waals surface area contributed by atoms with Gasteiger partial charge in [-0.15, -0.1) is 0 Å². The van der Waals surface area contributed by atoms with Crippen molar-refractivity contribution in [3.05, 3.63) is 63.6 Å². The van der Waals surface area contributed by atoms with Gasteiger partial charge in [-0.3, -0.25) is 0 Å². The van der Waals surface area contributed by atoms with Crippen LogP contribution in [-0.2, 0) is 6.61 Å². The van der Waals surface area contributed by atoms with Crippen LogP contribution in [0.2, 0.25) is 0 Å². The molecule has 20 heavy (non-hydrogen) atoms. The highest BCUT2D eigenvalue weighted by Gasteiger charge is 2.08. The van der Waals surface area contributed by atoms with Crippen LogP contribution in [0, 0.1) is 11.6 Å². The second-order valence-electron chi connectivity index (χ2n) is 4.03. The van der Waals surface area contributed by atoms with Gasteiger partial charge in [0, 0.05) is 15.6 Å². The van der Waals surface area contributed by atoms with Crippen LogP contribution in [-0.4, -0.2) is 4.99 Å². The molecule has 0 unspecified atom stereocenters. The van der Waals surface area contributed by atoms with E-state index in [0.29, 0.717) is 15.6 Å². The third-order valence-corrected chi connectivity index (χ3v) is 3.34. The van der Waals surface area contributed by atoms with Gasteiger partial charge in [0.2, 0.25) is 0 Å². The number of nitrogens with two attached hydrogens (primary N) is 1. The largest absolute Gasteiger partial charge is 0.486 e. The summed E-state index contributed by atoms with van der Waals surface area (Å²) in [4.78, 5) is 0.121. The van der Waals surface area contributed by atoms with Crippen LogP contribution in [0.25, 0.3) is 0 Å². The minimum atomic E-state index is -0.514. The molecule has 2 aromatic carbocycles. The normalized spacial score (nSPS) is 10.3. The zero-order valence-electron chi connectivity index (χ0n) is 10.2. The van der Waals surface area contributed by atoms with Crippen LogP contribution in [0.4, 0.5) is 8.78 Å². The number of rotatable bonds is 4. The molecule has 2 aromatic rings. The van der Waals surface area contributed by atoms with Gasteiger partial charge in [-0.25, -0.2) is 8.78 Å². The molecule has 0 aliphatic carbocycles. The molecule has 0 bridgehead atoms. The lowest BCUT2D eigenvalue weighted by molar-refractivity contribution is 0.284. The number of thiocarbonyl (C=S) groups is 1. The maximum atomic E-state index is 13.8.